The zero-order chi connectivity index (χ0) is 24.6. The molecule has 1 saturated carbocycles. The number of sulfonamides is 1. The topological polar surface area (TPSA) is 96.5 Å². The van der Waals surface area contributed by atoms with Gasteiger partial charge < -0.3 is 19.3 Å². The Morgan fingerprint density at radius 1 is 1.18 bits per heavy atom. The van der Waals surface area contributed by atoms with E-state index in [2.05, 4.69) is 18.7 Å². The average molecular weight is 494 g/mol. The van der Waals surface area contributed by atoms with Crippen molar-refractivity contribution in [1.29, 1.82) is 0 Å². The number of esters is 1. The second-order valence-electron chi connectivity index (χ2n) is 9.19. The molecule has 0 N–H and O–H groups in total. The van der Waals surface area contributed by atoms with E-state index in [9.17, 15) is 18.0 Å². The fourth-order valence-electron chi connectivity index (χ4n) is 5.17. The Hall–Kier alpha value is -2.33. The Labute approximate surface area is 202 Å². The quantitative estimate of drug-likeness (QED) is 0.426. The fourth-order valence-corrected chi connectivity index (χ4v) is 7.02. The molecular weight excluding hydrogens is 458 g/mol. The summed E-state index contributed by atoms with van der Waals surface area (Å²) in [6, 6.07) is 5.22. The molecule has 34 heavy (non-hydrogen) atoms. The number of rotatable bonds is 7. The number of hydrogen-bond acceptors (Lipinski definition) is 7. The maximum absolute atomic E-state index is 13.3. The summed E-state index contributed by atoms with van der Waals surface area (Å²) in [5, 5.41) is -0.350. The third-order valence-corrected chi connectivity index (χ3v) is 9.61. The summed E-state index contributed by atoms with van der Waals surface area (Å²) in [5.41, 5.74) is 1.86. The Morgan fingerprint density at radius 3 is 2.50 bits per heavy atom. The summed E-state index contributed by atoms with van der Waals surface area (Å²) in [4.78, 5) is 29.8. The van der Waals surface area contributed by atoms with E-state index in [4.69, 9.17) is 9.47 Å². The number of carbonyl (C=O) groups is 2. The van der Waals surface area contributed by atoms with Crippen LogP contribution in [-0.2, 0) is 19.6 Å². The summed E-state index contributed by atoms with van der Waals surface area (Å²) in [6.45, 7) is 10.1. The zero-order valence-corrected chi connectivity index (χ0v) is 21.2. The molecule has 3 unspecified atom stereocenters. The minimum Gasteiger partial charge on any atom is -0.450 e. The average Bonchev–Trinajstić information content (AvgIpc) is 3.66. The lowest BCUT2D eigenvalue weighted by molar-refractivity contribution is -0.144. The van der Waals surface area contributed by atoms with Gasteiger partial charge in [-0.1, -0.05) is 13.0 Å². The zero-order valence-electron chi connectivity index (χ0n) is 20.4. The molecule has 0 aromatic heterocycles. The van der Waals surface area contributed by atoms with Crippen LogP contribution in [0.25, 0.3) is 0 Å². The first-order valence-corrected chi connectivity index (χ1v) is 13.8. The van der Waals surface area contributed by atoms with Crippen LogP contribution in [0.4, 0.5) is 10.5 Å². The van der Waals surface area contributed by atoms with Gasteiger partial charge in [-0.15, -0.1) is 0 Å². The predicted octanol–water partition coefficient (Wildman–Crippen LogP) is 2.81. The Morgan fingerprint density at radius 2 is 1.88 bits per heavy atom. The summed E-state index contributed by atoms with van der Waals surface area (Å²) in [7, 11) is -3.44. The highest BCUT2D eigenvalue weighted by Gasteiger charge is 2.50. The Kier molecular flexibility index (Phi) is 7.09. The van der Waals surface area contributed by atoms with Crippen LogP contribution in [0, 0.1) is 5.92 Å². The van der Waals surface area contributed by atoms with Crippen molar-refractivity contribution >= 4 is 27.8 Å². The van der Waals surface area contributed by atoms with E-state index < -0.39 is 34.0 Å². The van der Waals surface area contributed by atoms with Crippen molar-refractivity contribution in [2.75, 3.05) is 44.2 Å². The molecule has 1 aromatic rings. The lowest BCUT2D eigenvalue weighted by Crippen LogP contribution is -2.62. The minimum absolute atomic E-state index is 0.0641. The molecule has 4 rings (SSSR count). The second-order valence-corrected chi connectivity index (χ2v) is 11.4. The number of anilines is 1. The maximum atomic E-state index is 13.3. The molecule has 2 aliphatic heterocycles. The molecule has 2 heterocycles. The van der Waals surface area contributed by atoms with Gasteiger partial charge in [0, 0.05) is 50.4 Å². The molecule has 188 valence electrons. The molecular formula is C24H35N3O6S. The largest absolute Gasteiger partial charge is 0.450 e. The molecule has 1 saturated heterocycles. The lowest BCUT2D eigenvalue weighted by Gasteiger charge is -2.45. The third kappa shape index (κ3) is 4.49. The predicted molar refractivity (Wildman–Crippen MR) is 129 cm³/mol. The highest BCUT2D eigenvalue weighted by Crippen LogP contribution is 2.43. The fraction of sp³-hybridized carbons (Fsp3) is 0.667. The van der Waals surface area contributed by atoms with Gasteiger partial charge in [0.1, 0.15) is 5.75 Å². The van der Waals surface area contributed by atoms with Gasteiger partial charge in [-0.25, -0.2) is 13.2 Å². The maximum Gasteiger partial charge on any atom is 0.410 e. The monoisotopic (exact) mass is 493 g/mol. The molecule has 0 radical (unpaired) electrons. The number of carbonyl (C=O) groups excluding carboxylic acids is 2. The van der Waals surface area contributed by atoms with Crippen molar-refractivity contribution < 1.29 is 27.5 Å². The third-order valence-electron chi connectivity index (χ3n) is 7.24. The van der Waals surface area contributed by atoms with E-state index in [1.165, 1.54) is 9.21 Å². The molecule has 3 aliphatic rings. The van der Waals surface area contributed by atoms with Gasteiger partial charge in [-0.05, 0) is 45.2 Å². The Bertz CT molecular complexity index is 1040. The number of amides is 1. The first kappa shape index (κ1) is 24.8. The van der Waals surface area contributed by atoms with Crippen LogP contribution in [0.2, 0.25) is 0 Å². The molecule has 1 amide bonds. The molecule has 0 spiro atoms. The summed E-state index contributed by atoms with van der Waals surface area (Å²) >= 11 is 0. The number of nitrogens with zero attached hydrogens (tertiary/aromatic N) is 3. The van der Waals surface area contributed by atoms with Crippen LogP contribution in [0.15, 0.2) is 18.2 Å². The minimum atomic E-state index is -3.44. The highest BCUT2D eigenvalue weighted by molar-refractivity contribution is 7.90. The SMILES string of the molecule is CCOC(=O)N1CCN(S(=O)(=O)C2CC2)CC1C1C(=O)Oc2cc(N(CC)CC)ccc2C1C. The molecule has 3 atom stereocenters. The number of benzene rings is 1. The van der Waals surface area contributed by atoms with E-state index >= 15 is 0 Å². The second kappa shape index (κ2) is 9.73. The van der Waals surface area contributed by atoms with Gasteiger partial charge in [-0.3, -0.25) is 4.79 Å². The van der Waals surface area contributed by atoms with Gasteiger partial charge in [0.15, 0.2) is 0 Å². The molecule has 1 aliphatic carbocycles. The molecule has 10 heteroatoms. The van der Waals surface area contributed by atoms with Gasteiger partial charge in [-0.2, -0.15) is 4.31 Å². The number of hydrogen-bond donors (Lipinski definition) is 0. The van der Waals surface area contributed by atoms with Crippen LogP contribution in [-0.4, -0.2) is 80.3 Å². The number of piperazine rings is 1. The van der Waals surface area contributed by atoms with Crippen molar-refractivity contribution in [2.45, 2.75) is 57.7 Å². The van der Waals surface area contributed by atoms with Crippen LogP contribution < -0.4 is 9.64 Å². The smallest absolute Gasteiger partial charge is 0.410 e. The van der Waals surface area contributed by atoms with E-state index in [0.29, 0.717) is 18.6 Å². The van der Waals surface area contributed by atoms with Gasteiger partial charge in [0.05, 0.1) is 23.8 Å². The van der Waals surface area contributed by atoms with Gasteiger partial charge >= 0.3 is 12.1 Å². The number of ether oxygens (including phenoxy) is 2. The van der Waals surface area contributed by atoms with E-state index in [1.54, 1.807) is 6.92 Å². The van der Waals surface area contributed by atoms with Crippen LogP contribution in [0.3, 0.4) is 0 Å². The summed E-state index contributed by atoms with van der Waals surface area (Å²) < 4.78 is 38.4. The summed E-state index contributed by atoms with van der Waals surface area (Å²) in [6.07, 6.45) is 0.795. The van der Waals surface area contributed by atoms with Crippen LogP contribution in [0.1, 0.15) is 52.0 Å². The van der Waals surface area contributed by atoms with E-state index in [-0.39, 0.29) is 37.4 Å². The first-order valence-electron chi connectivity index (χ1n) is 12.3. The normalized spacial score (nSPS) is 25.5. The van der Waals surface area contributed by atoms with Crippen LogP contribution >= 0.6 is 0 Å². The van der Waals surface area contributed by atoms with Crippen molar-refractivity contribution in [3.05, 3.63) is 23.8 Å². The molecule has 0 bridgehead atoms. The van der Waals surface area contributed by atoms with Gasteiger partial charge in [0.2, 0.25) is 10.0 Å². The van der Waals surface area contributed by atoms with Gasteiger partial charge in [0.25, 0.3) is 0 Å². The van der Waals surface area contributed by atoms with Crippen molar-refractivity contribution in [3.63, 3.8) is 0 Å². The van der Waals surface area contributed by atoms with Crippen molar-refractivity contribution in [2.24, 2.45) is 5.92 Å². The van der Waals surface area contributed by atoms with E-state index in [1.807, 2.05) is 25.1 Å². The Balaban J connectivity index is 1.66. The van der Waals surface area contributed by atoms with E-state index in [0.717, 1.165) is 24.3 Å². The lowest BCUT2D eigenvalue weighted by atomic mass is 9.79. The van der Waals surface area contributed by atoms with Crippen molar-refractivity contribution in [1.82, 2.24) is 9.21 Å². The molecule has 1 aromatic carbocycles. The molecule has 9 nitrogen and oxygen atoms in total. The first-order chi connectivity index (χ1) is 16.2. The number of fused-ring (bicyclic) bond motifs is 1. The van der Waals surface area contributed by atoms with Crippen LogP contribution in [0.5, 0.6) is 5.75 Å². The van der Waals surface area contributed by atoms with Crippen molar-refractivity contribution in [3.8, 4) is 5.75 Å². The summed E-state index contributed by atoms with van der Waals surface area (Å²) in [5.74, 6) is -0.873. The standard InChI is InChI=1S/C24H35N3O6S/c1-5-25(6-2)17-8-11-19-16(4)22(23(28)33-21(19)14-17)20-15-26(34(30,31)18-9-10-18)12-13-27(20)24(29)32-7-3/h8,11,14,16,18,20,22H,5-7,9-10,12-13,15H2,1-4H3. The molecule has 2 fully saturated rings. The highest BCUT2D eigenvalue weighted by atomic mass is 32.2.